The summed E-state index contributed by atoms with van der Waals surface area (Å²) < 4.78 is 4.85. The highest BCUT2D eigenvalue weighted by atomic mass is 32.1. The van der Waals surface area contributed by atoms with E-state index >= 15 is 0 Å². The number of anilines is 1. The number of methoxy groups -OCH3 is 1. The third-order valence-electron chi connectivity index (χ3n) is 3.77. The normalized spacial score (nSPS) is 14.3. The number of hydrogen-bond donors (Lipinski definition) is 2. The van der Waals surface area contributed by atoms with Crippen LogP contribution >= 0.6 is 11.3 Å². The molecule has 0 bridgehead atoms. The minimum Gasteiger partial charge on any atom is -0.465 e. The molecule has 1 fully saturated rings. The fraction of sp³-hybridized carbons (Fsp3) is 0.467. The van der Waals surface area contributed by atoms with Gasteiger partial charge >= 0.3 is 5.97 Å². The summed E-state index contributed by atoms with van der Waals surface area (Å²) in [7, 11) is 1.40. The summed E-state index contributed by atoms with van der Waals surface area (Å²) in [5.74, 6) is -0.309. The zero-order valence-corrected chi connectivity index (χ0v) is 13.5. The number of aromatic amines is 1. The van der Waals surface area contributed by atoms with Crippen molar-refractivity contribution in [2.45, 2.75) is 39.7 Å². The lowest BCUT2D eigenvalue weighted by atomic mass is 10.1. The van der Waals surface area contributed by atoms with Crippen LogP contribution in [0.5, 0.6) is 0 Å². The van der Waals surface area contributed by atoms with E-state index in [-0.39, 0.29) is 5.97 Å². The van der Waals surface area contributed by atoms with E-state index in [1.54, 1.807) is 11.3 Å². The summed E-state index contributed by atoms with van der Waals surface area (Å²) in [5, 5.41) is 4.38. The highest BCUT2D eigenvalue weighted by Crippen LogP contribution is 2.35. The van der Waals surface area contributed by atoms with E-state index in [1.165, 1.54) is 20.0 Å². The summed E-state index contributed by atoms with van der Waals surface area (Å²) in [5.41, 5.74) is 4.14. The Labute approximate surface area is 127 Å². The summed E-state index contributed by atoms with van der Waals surface area (Å²) in [6, 6.07) is 0.584. The first-order valence-electron chi connectivity index (χ1n) is 7.03. The van der Waals surface area contributed by atoms with Gasteiger partial charge in [-0.05, 0) is 39.2 Å². The van der Waals surface area contributed by atoms with Crippen molar-refractivity contribution in [3.63, 3.8) is 0 Å². The number of aromatic nitrogens is 2. The maximum atomic E-state index is 11.9. The number of thiazole rings is 1. The summed E-state index contributed by atoms with van der Waals surface area (Å²) >= 11 is 1.66. The van der Waals surface area contributed by atoms with Crippen molar-refractivity contribution < 1.29 is 9.53 Å². The Morgan fingerprint density at radius 1 is 1.38 bits per heavy atom. The number of ether oxygens (including phenoxy) is 1. The monoisotopic (exact) mass is 305 g/mol. The van der Waals surface area contributed by atoms with Crippen LogP contribution in [0.2, 0.25) is 0 Å². The van der Waals surface area contributed by atoms with Crippen LogP contribution in [0.3, 0.4) is 0 Å². The number of esters is 1. The van der Waals surface area contributed by atoms with Crippen molar-refractivity contribution in [3.05, 3.63) is 21.7 Å². The van der Waals surface area contributed by atoms with Crippen LogP contribution in [-0.2, 0) is 4.74 Å². The third-order valence-corrected chi connectivity index (χ3v) is 4.67. The van der Waals surface area contributed by atoms with Gasteiger partial charge < -0.3 is 15.0 Å². The van der Waals surface area contributed by atoms with E-state index < -0.39 is 0 Å². The summed E-state index contributed by atoms with van der Waals surface area (Å²) in [6.07, 6.45) is 2.45. The van der Waals surface area contributed by atoms with Gasteiger partial charge in [-0.2, -0.15) is 0 Å². The molecule has 0 saturated heterocycles. The van der Waals surface area contributed by atoms with E-state index in [0.29, 0.717) is 11.6 Å². The molecule has 21 heavy (non-hydrogen) atoms. The zero-order valence-electron chi connectivity index (χ0n) is 12.7. The van der Waals surface area contributed by atoms with E-state index in [0.717, 1.165) is 32.7 Å². The first-order chi connectivity index (χ1) is 10.0. The van der Waals surface area contributed by atoms with Gasteiger partial charge in [0.05, 0.1) is 18.4 Å². The van der Waals surface area contributed by atoms with Crippen molar-refractivity contribution in [1.29, 1.82) is 0 Å². The van der Waals surface area contributed by atoms with Crippen LogP contribution < -0.4 is 5.32 Å². The molecule has 2 aromatic heterocycles. The Morgan fingerprint density at radius 3 is 2.71 bits per heavy atom. The Balaban J connectivity index is 2.00. The molecule has 0 radical (unpaired) electrons. The molecule has 1 aliphatic rings. The maximum Gasteiger partial charge on any atom is 0.339 e. The molecule has 5 nitrogen and oxygen atoms in total. The van der Waals surface area contributed by atoms with E-state index in [4.69, 9.17) is 4.74 Å². The van der Waals surface area contributed by atoms with E-state index in [9.17, 15) is 4.79 Å². The van der Waals surface area contributed by atoms with Gasteiger partial charge in [0.1, 0.15) is 5.69 Å². The molecule has 1 saturated carbocycles. The number of hydrogen-bond acceptors (Lipinski definition) is 5. The molecule has 0 unspecified atom stereocenters. The van der Waals surface area contributed by atoms with Crippen molar-refractivity contribution >= 4 is 22.4 Å². The molecule has 2 N–H and O–H groups in total. The highest BCUT2D eigenvalue weighted by molar-refractivity contribution is 7.16. The van der Waals surface area contributed by atoms with Gasteiger partial charge in [0.25, 0.3) is 0 Å². The van der Waals surface area contributed by atoms with E-state index in [2.05, 4.69) is 22.2 Å². The molecule has 6 heteroatoms. The number of carbonyl (C=O) groups is 1. The van der Waals surface area contributed by atoms with Crippen LogP contribution in [0, 0.1) is 20.8 Å². The Hall–Kier alpha value is -1.82. The van der Waals surface area contributed by atoms with Crippen LogP contribution in [0.15, 0.2) is 0 Å². The second-order valence-electron chi connectivity index (χ2n) is 5.46. The predicted molar refractivity (Wildman–Crippen MR) is 84.1 cm³/mol. The molecule has 0 amide bonds. The predicted octanol–water partition coefficient (Wildman–Crippen LogP) is 3.42. The van der Waals surface area contributed by atoms with Crippen molar-refractivity contribution in [1.82, 2.24) is 9.97 Å². The Kier molecular flexibility index (Phi) is 3.49. The van der Waals surface area contributed by atoms with Crippen LogP contribution in [-0.4, -0.2) is 29.1 Å². The van der Waals surface area contributed by atoms with Crippen molar-refractivity contribution in [2.24, 2.45) is 0 Å². The first kappa shape index (κ1) is 14.1. The molecular weight excluding hydrogens is 286 g/mol. The largest absolute Gasteiger partial charge is 0.465 e. The maximum absolute atomic E-state index is 11.9. The van der Waals surface area contributed by atoms with Crippen molar-refractivity contribution in [2.75, 3.05) is 12.4 Å². The standard InChI is InChI=1S/C15H19N3O2S/c1-7-11(14(19)20-4)8(2)16-12(7)13-9(3)21-15(18-13)17-10-5-6-10/h10,16H,5-6H2,1-4H3,(H,17,18). The second-order valence-corrected chi connectivity index (χ2v) is 6.66. The van der Waals surface area contributed by atoms with Gasteiger partial charge in [-0.3, -0.25) is 0 Å². The highest BCUT2D eigenvalue weighted by Gasteiger charge is 2.25. The topological polar surface area (TPSA) is 67.0 Å². The number of nitrogens with zero attached hydrogens (tertiary/aromatic N) is 1. The molecule has 3 rings (SSSR count). The molecular formula is C15H19N3O2S. The molecule has 2 heterocycles. The third kappa shape index (κ3) is 2.55. The van der Waals surface area contributed by atoms with Gasteiger partial charge in [0, 0.05) is 16.6 Å². The van der Waals surface area contributed by atoms with Gasteiger partial charge in [0.2, 0.25) is 0 Å². The van der Waals surface area contributed by atoms with Crippen LogP contribution in [0.1, 0.15) is 39.3 Å². The molecule has 1 aliphatic carbocycles. The molecule has 2 aromatic rings. The number of aryl methyl sites for hydroxylation is 2. The average molecular weight is 305 g/mol. The van der Waals surface area contributed by atoms with Crippen LogP contribution in [0.25, 0.3) is 11.4 Å². The van der Waals surface area contributed by atoms with Gasteiger partial charge in [-0.25, -0.2) is 9.78 Å². The minimum absolute atomic E-state index is 0.309. The lowest BCUT2D eigenvalue weighted by Crippen LogP contribution is -2.03. The lowest BCUT2D eigenvalue weighted by molar-refractivity contribution is 0.0599. The van der Waals surface area contributed by atoms with E-state index in [1.807, 2.05) is 13.8 Å². The number of rotatable bonds is 4. The fourth-order valence-electron chi connectivity index (χ4n) is 2.49. The molecule has 0 atom stereocenters. The van der Waals surface area contributed by atoms with Crippen LogP contribution in [0.4, 0.5) is 5.13 Å². The smallest absolute Gasteiger partial charge is 0.339 e. The van der Waals surface area contributed by atoms with Crippen molar-refractivity contribution in [3.8, 4) is 11.4 Å². The Morgan fingerprint density at radius 2 is 2.10 bits per heavy atom. The van der Waals surface area contributed by atoms with Gasteiger partial charge in [0.15, 0.2) is 5.13 Å². The van der Waals surface area contributed by atoms with Gasteiger partial charge in [-0.1, -0.05) is 0 Å². The number of nitrogens with one attached hydrogen (secondary N) is 2. The molecule has 112 valence electrons. The van der Waals surface area contributed by atoms with Gasteiger partial charge in [-0.15, -0.1) is 11.3 Å². The zero-order chi connectivity index (χ0) is 15.1. The number of H-pyrrole nitrogens is 1. The lowest BCUT2D eigenvalue weighted by Gasteiger charge is -2.00. The summed E-state index contributed by atoms with van der Waals surface area (Å²) in [6.45, 7) is 5.87. The summed E-state index contributed by atoms with van der Waals surface area (Å²) in [4.78, 5) is 21.0. The Bertz CT molecular complexity index is 698. The first-order valence-corrected chi connectivity index (χ1v) is 7.84. The minimum atomic E-state index is -0.309. The average Bonchev–Trinajstić information content (AvgIpc) is 3.11. The second kappa shape index (κ2) is 5.18. The quantitative estimate of drug-likeness (QED) is 0.849. The molecule has 0 aromatic carbocycles. The fourth-order valence-corrected chi connectivity index (χ4v) is 3.38. The number of carbonyl (C=O) groups excluding carboxylic acids is 1. The SMILES string of the molecule is COC(=O)c1c(C)[nH]c(-c2nc(NC3CC3)sc2C)c1C. The molecule has 0 spiro atoms. The molecule has 0 aliphatic heterocycles.